The summed E-state index contributed by atoms with van der Waals surface area (Å²) in [6.07, 6.45) is 4.02. The molecule has 2 aromatic carbocycles. The normalized spacial score (nSPS) is 14.3. The lowest BCUT2D eigenvalue weighted by atomic mass is 10.0. The number of alkyl carbamates (subject to hydrolysis) is 1. The van der Waals surface area contributed by atoms with Crippen molar-refractivity contribution in [2.24, 2.45) is 0 Å². The number of aryl methyl sites for hydroxylation is 1. The van der Waals surface area contributed by atoms with E-state index in [0.717, 1.165) is 50.0 Å². The van der Waals surface area contributed by atoms with Gasteiger partial charge in [-0.25, -0.2) is 9.59 Å². The largest absolute Gasteiger partial charge is 0.449 e. The molecular formula is C29H42N4O3. The minimum atomic E-state index is -0.387. The molecule has 196 valence electrons. The highest BCUT2D eigenvalue weighted by Gasteiger charge is 2.22. The van der Waals surface area contributed by atoms with E-state index in [4.69, 9.17) is 4.74 Å². The molecule has 1 heterocycles. The molecule has 0 radical (unpaired) electrons. The van der Waals surface area contributed by atoms with E-state index in [-0.39, 0.29) is 17.7 Å². The molecule has 1 fully saturated rings. The molecule has 1 aliphatic rings. The third kappa shape index (κ3) is 9.44. The van der Waals surface area contributed by atoms with Gasteiger partial charge in [0, 0.05) is 43.3 Å². The number of carbonyl (C=O) groups is 2. The topological polar surface area (TPSA) is 82.7 Å². The fourth-order valence-electron chi connectivity index (χ4n) is 4.20. The zero-order valence-corrected chi connectivity index (χ0v) is 22.2. The van der Waals surface area contributed by atoms with E-state index < -0.39 is 0 Å². The first-order chi connectivity index (χ1) is 17.2. The van der Waals surface area contributed by atoms with Crippen molar-refractivity contribution in [3.63, 3.8) is 0 Å². The highest BCUT2D eigenvalue weighted by Crippen LogP contribution is 2.18. The molecule has 0 spiro atoms. The molecular weight excluding hydrogens is 452 g/mol. The second kappa shape index (κ2) is 13.2. The molecule has 0 unspecified atom stereocenters. The van der Waals surface area contributed by atoms with Crippen LogP contribution in [0.4, 0.5) is 15.3 Å². The molecule has 0 saturated carbocycles. The van der Waals surface area contributed by atoms with E-state index >= 15 is 0 Å². The van der Waals surface area contributed by atoms with Crippen LogP contribution in [0.1, 0.15) is 57.2 Å². The SMILES string of the molecule is CCc1ccc(CCNC(=O)N2CCC(Nc3ccc(CCOC(=O)NC(C)(C)C)cc3)CC2)cc1. The number of ether oxygens (including phenoxy) is 1. The van der Waals surface area contributed by atoms with Crippen LogP contribution in [-0.4, -0.2) is 54.8 Å². The van der Waals surface area contributed by atoms with Crippen LogP contribution >= 0.6 is 0 Å². The van der Waals surface area contributed by atoms with Crippen molar-refractivity contribution >= 4 is 17.8 Å². The van der Waals surface area contributed by atoms with Crippen molar-refractivity contribution in [3.8, 4) is 0 Å². The van der Waals surface area contributed by atoms with Gasteiger partial charge in [-0.15, -0.1) is 0 Å². The summed E-state index contributed by atoms with van der Waals surface area (Å²) in [5, 5.41) is 9.44. The Kier molecular flexibility index (Phi) is 10.0. The number of carbonyl (C=O) groups excluding carboxylic acids is 2. The third-order valence-electron chi connectivity index (χ3n) is 6.33. The van der Waals surface area contributed by atoms with Crippen molar-refractivity contribution in [2.45, 2.75) is 71.4 Å². The van der Waals surface area contributed by atoms with Gasteiger partial charge in [-0.05, 0) is 75.3 Å². The molecule has 3 N–H and O–H groups in total. The molecule has 7 heteroatoms. The van der Waals surface area contributed by atoms with Gasteiger partial charge >= 0.3 is 12.1 Å². The van der Waals surface area contributed by atoms with Crippen molar-refractivity contribution in [3.05, 3.63) is 65.2 Å². The van der Waals surface area contributed by atoms with E-state index in [1.165, 1.54) is 11.1 Å². The number of hydrogen-bond donors (Lipinski definition) is 3. The predicted octanol–water partition coefficient (Wildman–Crippen LogP) is 5.14. The lowest BCUT2D eigenvalue weighted by Crippen LogP contribution is -2.47. The molecule has 0 bridgehead atoms. The maximum absolute atomic E-state index is 12.5. The molecule has 2 aromatic rings. The molecule has 1 aliphatic heterocycles. The average Bonchev–Trinajstić information content (AvgIpc) is 2.85. The average molecular weight is 495 g/mol. The van der Waals surface area contributed by atoms with Gasteiger partial charge in [-0.1, -0.05) is 43.3 Å². The first kappa shape index (κ1) is 27.4. The summed E-state index contributed by atoms with van der Waals surface area (Å²) < 4.78 is 5.26. The Morgan fingerprint density at radius 2 is 1.50 bits per heavy atom. The highest BCUT2D eigenvalue weighted by molar-refractivity contribution is 5.74. The molecule has 0 atom stereocenters. The van der Waals surface area contributed by atoms with Crippen molar-refractivity contribution < 1.29 is 14.3 Å². The number of anilines is 1. The van der Waals surface area contributed by atoms with Crippen LogP contribution in [0.15, 0.2) is 48.5 Å². The quantitative estimate of drug-likeness (QED) is 0.451. The third-order valence-corrected chi connectivity index (χ3v) is 6.33. The Hall–Kier alpha value is -3.22. The first-order valence-corrected chi connectivity index (χ1v) is 13.1. The van der Waals surface area contributed by atoms with Crippen LogP contribution in [0, 0.1) is 0 Å². The lowest BCUT2D eigenvalue weighted by molar-refractivity contribution is 0.139. The Balaban J connectivity index is 1.32. The fourth-order valence-corrected chi connectivity index (χ4v) is 4.20. The van der Waals surface area contributed by atoms with Crippen molar-refractivity contribution in [1.82, 2.24) is 15.5 Å². The van der Waals surface area contributed by atoms with Crippen molar-refractivity contribution in [2.75, 3.05) is 31.6 Å². The lowest BCUT2D eigenvalue weighted by Gasteiger charge is -2.33. The van der Waals surface area contributed by atoms with Crippen LogP contribution in [0.25, 0.3) is 0 Å². The van der Waals surface area contributed by atoms with Crippen LogP contribution < -0.4 is 16.0 Å². The molecule has 0 aliphatic carbocycles. The maximum Gasteiger partial charge on any atom is 0.407 e. The minimum absolute atomic E-state index is 0.0291. The van der Waals surface area contributed by atoms with E-state index in [1.807, 2.05) is 25.7 Å². The van der Waals surface area contributed by atoms with Crippen LogP contribution in [0.3, 0.4) is 0 Å². The van der Waals surface area contributed by atoms with Gasteiger partial charge in [0.25, 0.3) is 0 Å². The summed E-state index contributed by atoms with van der Waals surface area (Å²) in [6, 6.07) is 17.2. The second-order valence-corrected chi connectivity index (χ2v) is 10.5. The van der Waals surface area contributed by atoms with Crippen LogP contribution in [0.2, 0.25) is 0 Å². The molecule has 1 saturated heterocycles. The van der Waals surface area contributed by atoms with Gasteiger partial charge in [-0.2, -0.15) is 0 Å². The van der Waals surface area contributed by atoms with Gasteiger partial charge in [0.1, 0.15) is 0 Å². The molecule has 0 aromatic heterocycles. The number of hydrogen-bond acceptors (Lipinski definition) is 4. The van der Waals surface area contributed by atoms with E-state index in [1.54, 1.807) is 0 Å². The van der Waals surface area contributed by atoms with E-state index in [9.17, 15) is 9.59 Å². The summed E-state index contributed by atoms with van der Waals surface area (Å²) in [5.74, 6) is 0. The van der Waals surface area contributed by atoms with Gasteiger partial charge in [0.15, 0.2) is 0 Å². The summed E-state index contributed by atoms with van der Waals surface area (Å²) in [7, 11) is 0. The molecule has 7 nitrogen and oxygen atoms in total. The maximum atomic E-state index is 12.5. The predicted molar refractivity (Wildman–Crippen MR) is 146 cm³/mol. The number of benzene rings is 2. The number of piperidine rings is 1. The monoisotopic (exact) mass is 494 g/mol. The molecule has 36 heavy (non-hydrogen) atoms. The van der Waals surface area contributed by atoms with E-state index in [0.29, 0.717) is 25.6 Å². The van der Waals surface area contributed by atoms with Gasteiger partial charge < -0.3 is 25.6 Å². The number of amides is 3. The Morgan fingerprint density at radius 1 is 0.917 bits per heavy atom. The summed E-state index contributed by atoms with van der Waals surface area (Å²) in [6.45, 7) is 10.4. The van der Waals surface area contributed by atoms with E-state index in [2.05, 4.69) is 71.4 Å². The number of nitrogens with one attached hydrogen (secondary N) is 3. The summed E-state index contributed by atoms with van der Waals surface area (Å²) in [4.78, 5) is 26.2. The second-order valence-electron chi connectivity index (χ2n) is 10.5. The van der Waals surface area contributed by atoms with Crippen LogP contribution in [-0.2, 0) is 24.0 Å². The van der Waals surface area contributed by atoms with Crippen LogP contribution in [0.5, 0.6) is 0 Å². The zero-order valence-electron chi connectivity index (χ0n) is 22.2. The smallest absolute Gasteiger partial charge is 0.407 e. The standard InChI is InChI=1S/C29H42N4O3/c1-5-22-6-8-23(9-7-22)14-18-30-27(34)33-19-15-26(16-20-33)31-25-12-10-24(11-13-25)17-21-36-28(35)32-29(2,3)4/h6-13,26,31H,5,14-21H2,1-4H3,(H,30,34)(H,32,35). The summed E-state index contributed by atoms with van der Waals surface area (Å²) in [5.41, 5.74) is 4.48. The van der Waals surface area contributed by atoms with Crippen molar-refractivity contribution in [1.29, 1.82) is 0 Å². The Morgan fingerprint density at radius 3 is 2.11 bits per heavy atom. The minimum Gasteiger partial charge on any atom is -0.449 e. The highest BCUT2D eigenvalue weighted by atomic mass is 16.5. The Labute approximate surface area is 216 Å². The van der Waals surface area contributed by atoms with Gasteiger partial charge in [0.05, 0.1) is 6.61 Å². The zero-order chi connectivity index (χ0) is 26.0. The number of urea groups is 1. The summed E-state index contributed by atoms with van der Waals surface area (Å²) >= 11 is 0. The molecule has 3 amide bonds. The van der Waals surface area contributed by atoms with Gasteiger partial charge in [-0.3, -0.25) is 0 Å². The van der Waals surface area contributed by atoms with Gasteiger partial charge in [0.2, 0.25) is 0 Å². The molecule has 3 rings (SSSR count). The number of likely N-dealkylation sites (tertiary alicyclic amines) is 1. The first-order valence-electron chi connectivity index (χ1n) is 13.1. The fraction of sp³-hybridized carbons (Fsp3) is 0.517. The number of rotatable bonds is 9. The number of nitrogens with zero attached hydrogens (tertiary/aromatic N) is 1. The Bertz CT molecular complexity index is 960.